The SMILES string of the molecule is CN(C(=O)c1csc(-c2cccc([N+](=O)[O-])c2)n1)C1(C(=O)O)CCCCC1. The van der Waals surface area contributed by atoms with Crippen molar-refractivity contribution in [1.29, 1.82) is 0 Å². The van der Waals surface area contributed by atoms with Gasteiger partial charge in [-0.2, -0.15) is 0 Å². The predicted octanol–water partition coefficient (Wildman–Crippen LogP) is 3.58. The minimum absolute atomic E-state index is 0.0558. The van der Waals surface area contributed by atoms with Crippen molar-refractivity contribution in [3.8, 4) is 10.6 Å². The number of hydrogen-bond donors (Lipinski definition) is 1. The number of carbonyl (C=O) groups is 2. The molecule has 1 amide bonds. The Morgan fingerprint density at radius 3 is 2.63 bits per heavy atom. The summed E-state index contributed by atoms with van der Waals surface area (Å²) in [4.78, 5) is 40.8. The topological polar surface area (TPSA) is 114 Å². The lowest BCUT2D eigenvalue weighted by atomic mass is 9.80. The number of thiazole rings is 1. The number of aliphatic carboxylic acids is 1. The maximum atomic E-state index is 12.9. The van der Waals surface area contributed by atoms with Crippen LogP contribution in [0.15, 0.2) is 29.6 Å². The fourth-order valence-corrected chi connectivity index (χ4v) is 4.24. The number of benzene rings is 1. The van der Waals surface area contributed by atoms with Gasteiger partial charge in [-0.15, -0.1) is 11.3 Å². The molecule has 1 aromatic carbocycles. The van der Waals surface area contributed by atoms with Crippen molar-refractivity contribution in [2.75, 3.05) is 7.05 Å². The monoisotopic (exact) mass is 389 g/mol. The van der Waals surface area contributed by atoms with Crippen LogP contribution in [0.2, 0.25) is 0 Å². The molecule has 142 valence electrons. The van der Waals surface area contributed by atoms with Crippen LogP contribution in [0.5, 0.6) is 0 Å². The summed E-state index contributed by atoms with van der Waals surface area (Å²) in [6, 6.07) is 6.03. The minimum atomic E-state index is -1.20. The van der Waals surface area contributed by atoms with E-state index in [1.54, 1.807) is 17.5 Å². The zero-order chi connectivity index (χ0) is 19.6. The van der Waals surface area contributed by atoms with Gasteiger partial charge in [-0.1, -0.05) is 31.4 Å². The van der Waals surface area contributed by atoms with Crippen LogP contribution in [-0.2, 0) is 4.79 Å². The number of rotatable bonds is 5. The van der Waals surface area contributed by atoms with Crippen molar-refractivity contribution in [3.05, 3.63) is 45.5 Å². The zero-order valence-corrected chi connectivity index (χ0v) is 15.6. The molecule has 0 unspecified atom stereocenters. The summed E-state index contributed by atoms with van der Waals surface area (Å²) in [5.41, 5.74) is -0.568. The summed E-state index contributed by atoms with van der Waals surface area (Å²) >= 11 is 1.19. The van der Waals surface area contributed by atoms with Crippen LogP contribution in [0, 0.1) is 10.1 Å². The van der Waals surface area contributed by atoms with Crippen LogP contribution >= 0.6 is 11.3 Å². The molecule has 27 heavy (non-hydrogen) atoms. The number of amides is 1. The number of carboxylic acid groups (broad SMARTS) is 1. The lowest BCUT2D eigenvalue weighted by Crippen LogP contribution is -2.56. The third kappa shape index (κ3) is 3.55. The molecule has 1 fully saturated rings. The molecule has 3 rings (SSSR count). The highest BCUT2D eigenvalue weighted by Gasteiger charge is 2.46. The van der Waals surface area contributed by atoms with E-state index < -0.39 is 22.3 Å². The molecule has 0 atom stereocenters. The summed E-state index contributed by atoms with van der Waals surface area (Å²) in [6.45, 7) is 0. The number of non-ortho nitro benzene ring substituents is 1. The molecule has 0 radical (unpaired) electrons. The number of hydrogen-bond acceptors (Lipinski definition) is 6. The smallest absolute Gasteiger partial charge is 0.329 e. The van der Waals surface area contributed by atoms with Crippen molar-refractivity contribution in [2.24, 2.45) is 0 Å². The summed E-state index contributed by atoms with van der Waals surface area (Å²) in [5, 5.41) is 22.7. The van der Waals surface area contributed by atoms with Crippen LogP contribution in [-0.4, -0.2) is 44.4 Å². The lowest BCUT2D eigenvalue weighted by Gasteiger charge is -2.40. The highest BCUT2D eigenvalue weighted by atomic mass is 32.1. The van der Waals surface area contributed by atoms with Crippen molar-refractivity contribution < 1.29 is 19.6 Å². The van der Waals surface area contributed by atoms with Gasteiger partial charge in [0.05, 0.1) is 4.92 Å². The van der Waals surface area contributed by atoms with Crippen LogP contribution in [0.1, 0.15) is 42.6 Å². The van der Waals surface area contributed by atoms with Gasteiger partial charge < -0.3 is 10.0 Å². The first kappa shape index (κ1) is 19.0. The second-order valence-corrected chi connectivity index (χ2v) is 7.47. The predicted molar refractivity (Wildman–Crippen MR) is 99.7 cm³/mol. The molecular formula is C18H19N3O5S. The second kappa shape index (κ2) is 7.43. The zero-order valence-electron chi connectivity index (χ0n) is 14.8. The maximum Gasteiger partial charge on any atom is 0.329 e. The molecule has 1 aromatic heterocycles. The third-order valence-corrected chi connectivity index (χ3v) is 5.94. The van der Waals surface area contributed by atoms with Gasteiger partial charge in [-0.25, -0.2) is 9.78 Å². The van der Waals surface area contributed by atoms with Gasteiger partial charge in [0.2, 0.25) is 0 Å². The van der Waals surface area contributed by atoms with E-state index >= 15 is 0 Å². The molecule has 0 spiro atoms. The third-order valence-electron chi connectivity index (χ3n) is 5.05. The highest BCUT2D eigenvalue weighted by Crippen LogP contribution is 2.35. The molecule has 2 aromatic rings. The Labute approximate surface area is 159 Å². The van der Waals surface area contributed by atoms with Crippen molar-refractivity contribution >= 4 is 28.9 Å². The van der Waals surface area contributed by atoms with E-state index in [2.05, 4.69) is 4.98 Å². The van der Waals surface area contributed by atoms with Crippen LogP contribution in [0.4, 0.5) is 5.69 Å². The Morgan fingerprint density at radius 1 is 1.30 bits per heavy atom. The first-order chi connectivity index (χ1) is 12.8. The normalized spacial score (nSPS) is 15.9. The molecule has 0 saturated heterocycles. The number of nitro groups is 1. The van der Waals surface area contributed by atoms with E-state index in [9.17, 15) is 24.8 Å². The second-order valence-electron chi connectivity index (χ2n) is 6.61. The van der Waals surface area contributed by atoms with Gasteiger partial charge in [-0.3, -0.25) is 14.9 Å². The summed E-state index contributed by atoms with van der Waals surface area (Å²) in [7, 11) is 1.51. The van der Waals surface area contributed by atoms with Crippen LogP contribution in [0.3, 0.4) is 0 Å². The Hall–Kier alpha value is -2.81. The number of carbonyl (C=O) groups excluding carboxylic acids is 1. The highest BCUT2D eigenvalue weighted by molar-refractivity contribution is 7.13. The molecule has 0 bridgehead atoms. The van der Waals surface area contributed by atoms with Gasteiger partial charge in [0.1, 0.15) is 16.2 Å². The standard InChI is InChI=1S/C18H19N3O5S/c1-20(18(17(23)24)8-3-2-4-9-18)16(22)14-11-27-15(19-14)12-6-5-7-13(10-12)21(25)26/h5-7,10-11H,2-4,8-9H2,1H3,(H,23,24). The molecule has 1 aliphatic carbocycles. The Bertz CT molecular complexity index is 889. The van der Waals surface area contributed by atoms with Gasteiger partial charge >= 0.3 is 5.97 Å². The van der Waals surface area contributed by atoms with Gasteiger partial charge in [0.25, 0.3) is 11.6 Å². The first-order valence-corrected chi connectivity index (χ1v) is 9.45. The fourth-order valence-electron chi connectivity index (χ4n) is 3.45. The Kier molecular flexibility index (Phi) is 5.22. The first-order valence-electron chi connectivity index (χ1n) is 8.57. The number of nitro benzene ring substituents is 1. The molecular weight excluding hydrogens is 370 g/mol. The lowest BCUT2D eigenvalue weighted by molar-refractivity contribution is -0.384. The van der Waals surface area contributed by atoms with Crippen molar-refractivity contribution in [3.63, 3.8) is 0 Å². The number of carboxylic acids is 1. The average Bonchev–Trinajstić information content (AvgIpc) is 3.17. The molecule has 1 saturated carbocycles. The van der Waals surface area contributed by atoms with Gasteiger partial charge in [0, 0.05) is 30.1 Å². The minimum Gasteiger partial charge on any atom is -0.479 e. The molecule has 1 aliphatic rings. The van der Waals surface area contributed by atoms with Crippen LogP contribution < -0.4 is 0 Å². The summed E-state index contributed by atoms with van der Waals surface area (Å²) < 4.78 is 0. The van der Waals surface area contributed by atoms with E-state index in [0.717, 1.165) is 19.3 Å². The number of aromatic nitrogens is 1. The largest absolute Gasteiger partial charge is 0.479 e. The van der Waals surface area contributed by atoms with Crippen molar-refractivity contribution in [2.45, 2.75) is 37.6 Å². The molecule has 9 heteroatoms. The van der Waals surface area contributed by atoms with E-state index in [4.69, 9.17) is 0 Å². The fraction of sp³-hybridized carbons (Fsp3) is 0.389. The average molecular weight is 389 g/mol. The Balaban J connectivity index is 1.87. The number of nitrogens with zero attached hydrogens (tertiary/aromatic N) is 3. The van der Waals surface area contributed by atoms with E-state index in [1.807, 2.05) is 0 Å². The molecule has 0 aliphatic heterocycles. The molecule has 1 heterocycles. The van der Waals surface area contributed by atoms with Gasteiger partial charge in [-0.05, 0) is 12.8 Å². The van der Waals surface area contributed by atoms with E-state index in [1.165, 1.54) is 35.4 Å². The van der Waals surface area contributed by atoms with E-state index in [-0.39, 0.29) is 11.4 Å². The van der Waals surface area contributed by atoms with Crippen LogP contribution in [0.25, 0.3) is 10.6 Å². The quantitative estimate of drug-likeness (QED) is 0.618. The summed E-state index contributed by atoms with van der Waals surface area (Å²) in [6.07, 6.45) is 3.34. The maximum absolute atomic E-state index is 12.9. The Morgan fingerprint density at radius 2 is 2.00 bits per heavy atom. The molecule has 8 nitrogen and oxygen atoms in total. The molecule has 1 N–H and O–H groups in total. The van der Waals surface area contributed by atoms with Gasteiger partial charge in [0.15, 0.2) is 0 Å². The van der Waals surface area contributed by atoms with E-state index in [0.29, 0.717) is 23.4 Å². The van der Waals surface area contributed by atoms with Crippen molar-refractivity contribution in [1.82, 2.24) is 9.88 Å². The number of likely N-dealkylation sites (N-methyl/N-ethyl adjacent to an activating group) is 1. The summed E-state index contributed by atoms with van der Waals surface area (Å²) in [5.74, 6) is -1.44.